The fourth-order valence-electron chi connectivity index (χ4n) is 3.52. The van der Waals surface area contributed by atoms with Crippen LogP contribution in [-0.2, 0) is 14.3 Å². The predicted molar refractivity (Wildman–Crippen MR) is 99.1 cm³/mol. The molecule has 2 heterocycles. The van der Waals surface area contributed by atoms with E-state index < -0.39 is 41.5 Å². The SMILES string of the molecule is O=C(CN1C(=O)c2cccc([N+](=O)[O-])c2C1=O)OCC(=O)N1CCCCCCC1. The minimum atomic E-state index is -0.928. The summed E-state index contributed by atoms with van der Waals surface area (Å²) in [7, 11) is 0. The number of hydrogen-bond donors (Lipinski definition) is 0. The fourth-order valence-corrected chi connectivity index (χ4v) is 3.52. The lowest BCUT2D eigenvalue weighted by Crippen LogP contribution is -2.39. The van der Waals surface area contributed by atoms with E-state index in [1.807, 2.05) is 0 Å². The number of fused-ring (bicyclic) bond motifs is 1. The Kier molecular flexibility index (Phi) is 6.20. The van der Waals surface area contributed by atoms with Crippen LogP contribution in [0, 0.1) is 10.1 Å². The van der Waals surface area contributed by atoms with E-state index in [1.165, 1.54) is 12.1 Å². The monoisotopic (exact) mass is 403 g/mol. The smallest absolute Gasteiger partial charge is 0.326 e. The molecule has 1 saturated heterocycles. The van der Waals surface area contributed by atoms with Crippen LogP contribution in [0.4, 0.5) is 5.69 Å². The van der Waals surface area contributed by atoms with Crippen molar-refractivity contribution in [3.05, 3.63) is 39.4 Å². The van der Waals surface area contributed by atoms with Crippen molar-refractivity contribution in [1.29, 1.82) is 0 Å². The first-order valence-electron chi connectivity index (χ1n) is 9.47. The van der Waals surface area contributed by atoms with Gasteiger partial charge in [0.2, 0.25) is 0 Å². The number of imide groups is 1. The molecule has 0 aliphatic carbocycles. The van der Waals surface area contributed by atoms with Crippen LogP contribution >= 0.6 is 0 Å². The second-order valence-corrected chi connectivity index (χ2v) is 6.96. The van der Waals surface area contributed by atoms with Gasteiger partial charge in [0.05, 0.1) is 10.5 Å². The average molecular weight is 403 g/mol. The minimum Gasteiger partial charge on any atom is -0.454 e. The standard InChI is InChI=1S/C19H21N3O7/c23-15(20-9-4-2-1-3-5-10-20)12-29-16(24)11-21-18(25)13-7-6-8-14(22(27)28)17(13)19(21)26/h6-8H,1-5,9-12H2. The fraction of sp³-hybridized carbons (Fsp3) is 0.474. The zero-order valence-electron chi connectivity index (χ0n) is 15.8. The Morgan fingerprint density at radius 3 is 2.34 bits per heavy atom. The third-order valence-corrected chi connectivity index (χ3v) is 5.03. The summed E-state index contributed by atoms with van der Waals surface area (Å²) in [5, 5.41) is 11.1. The lowest BCUT2D eigenvalue weighted by molar-refractivity contribution is -0.385. The van der Waals surface area contributed by atoms with E-state index in [1.54, 1.807) is 4.90 Å². The summed E-state index contributed by atoms with van der Waals surface area (Å²) in [4.78, 5) is 61.8. The van der Waals surface area contributed by atoms with Crippen LogP contribution in [0.3, 0.4) is 0 Å². The Morgan fingerprint density at radius 1 is 1.03 bits per heavy atom. The summed E-state index contributed by atoms with van der Waals surface area (Å²) in [5.74, 6) is -2.98. The van der Waals surface area contributed by atoms with Crippen LogP contribution in [0.25, 0.3) is 0 Å². The van der Waals surface area contributed by atoms with Gasteiger partial charge in [-0.3, -0.25) is 34.2 Å². The van der Waals surface area contributed by atoms with Gasteiger partial charge in [-0.15, -0.1) is 0 Å². The van der Waals surface area contributed by atoms with Crippen molar-refractivity contribution in [3.8, 4) is 0 Å². The number of ether oxygens (including phenoxy) is 1. The maximum atomic E-state index is 12.4. The number of carbonyl (C=O) groups excluding carboxylic acids is 4. The van der Waals surface area contributed by atoms with Crippen LogP contribution in [0.1, 0.15) is 52.8 Å². The molecule has 10 nitrogen and oxygen atoms in total. The van der Waals surface area contributed by atoms with Gasteiger partial charge in [0, 0.05) is 19.2 Å². The molecule has 10 heteroatoms. The number of nitrogens with zero attached hydrogens (tertiary/aromatic N) is 3. The second kappa shape index (κ2) is 8.80. The third kappa shape index (κ3) is 4.41. The van der Waals surface area contributed by atoms with Crippen molar-refractivity contribution >= 4 is 29.4 Å². The van der Waals surface area contributed by atoms with Crippen LogP contribution in [-0.4, -0.2) is 64.7 Å². The van der Waals surface area contributed by atoms with Gasteiger partial charge in [-0.1, -0.05) is 25.3 Å². The Bertz CT molecular complexity index is 859. The number of likely N-dealkylation sites (tertiary alicyclic amines) is 1. The molecule has 154 valence electrons. The molecule has 29 heavy (non-hydrogen) atoms. The quantitative estimate of drug-likeness (QED) is 0.316. The number of hydrogen-bond acceptors (Lipinski definition) is 7. The highest BCUT2D eigenvalue weighted by molar-refractivity contribution is 6.24. The Hall–Kier alpha value is -3.30. The van der Waals surface area contributed by atoms with Crippen molar-refractivity contribution in [1.82, 2.24) is 9.80 Å². The van der Waals surface area contributed by atoms with Crippen molar-refractivity contribution in [2.24, 2.45) is 0 Å². The normalized spacial score (nSPS) is 16.8. The van der Waals surface area contributed by atoms with Gasteiger partial charge in [0.25, 0.3) is 23.4 Å². The van der Waals surface area contributed by atoms with E-state index in [2.05, 4.69) is 0 Å². The van der Waals surface area contributed by atoms with E-state index in [9.17, 15) is 29.3 Å². The van der Waals surface area contributed by atoms with Gasteiger partial charge in [0.1, 0.15) is 12.1 Å². The Labute approximate surface area is 166 Å². The first kappa shape index (κ1) is 20.4. The van der Waals surface area contributed by atoms with Crippen LogP contribution in [0.2, 0.25) is 0 Å². The zero-order chi connectivity index (χ0) is 21.0. The summed E-state index contributed by atoms with van der Waals surface area (Å²) < 4.78 is 4.95. The summed E-state index contributed by atoms with van der Waals surface area (Å²) in [6.45, 7) is 0.0375. The van der Waals surface area contributed by atoms with Crippen LogP contribution < -0.4 is 0 Å². The molecule has 0 saturated carbocycles. The molecule has 0 spiro atoms. The highest BCUT2D eigenvalue weighted by Crippen LogP contribution is 2.30. The lowest BCUT2D eigenvalue weighted by atomic mass is 10.1. The topological polar surface area (TPSA) is 127 Å². The molecule has 1 aromatic rings. The van der Waals surface area contributed by atoms with E-state index in [0.717, 1.165) is 38.2 Å². The summed E-state index contributed by atoms with van der Waals surface area (Å²) >= 11 is 0. The second-order valence-electron chi connectivity index (χ2n) is 6.96. The number of benzene rings is 1. The van der Waals surface area contributed by atoms with Gasteiger partial charge in [-0.25, -0.2) is 0 Å². The Morgan fingerprint density at radius 2 is 1.69 bits per heavy atom. The van der Waals surface area contributed by atoms with Gasteiger partial charge in [-0.2, -0.15) is 0 Å². The first-order valence-corrected chi connectivity index (χ1v) is 9.47. The average Bonchev–Trinajstić information content (AvgIpc) is 2.91. The largest absolute Gasteiger partial charge is 0.454 e. The van der Waals surface area contributed by atoms with Crippen molar-refractivity contribution in [2.75, 3.05) is 26.2 Å². The van der Waals surface area contributed by atoms with Gasteiger partial charge >= 0.3 is 5.97 Å². The summed E-state index contributed by atoms with van der Waals surface area (Å²) in [6.07, 6.45) is 5.04. The van der Waals surface area contributed by atoms with Crippen molar-refractivity contribution < 1.29 is 28.8 Å². The minimum absolute atomic E-state index is 0.131. The molecule has 3 rings (SSSR count). The van der Waals surface area contributed by atoms with E-state index in [4.69, 9.17) is 4.74 Å². The predicted octanol–water partition coefficient (Wildman–Crippen LogP) is 1.53. The maximum absolute atomic E-state index is 12.4. The molecule has 3 amide bonds. The molecule has 0 unspecified atom stereocenters. The molecule has 0 aromatic heterocycles. The van der Waals surface area contributed by atoms with Crippen LogP contribution in [0.5, 0.6) is 0 Å². The summed E-state index contributed by atoms with van der Waals surface area (Å²) in [6, 6.07) is 3.71. The molecule has 0 N–H and O–H groups in total. The molecule has 0 bridgehead atoms. The molecule has 0 radical (unpaired) electrons. The zero-order valence-corrected chi connectivity index (χ0v) is 15.8. The highest BCUT2D eigenvalue weighted by Gasteiger charge is 2.42. The van der Waals surface area contributed by atoms with Gasteiger partial charge in [-0.05, 0) is 18.9 Å². The van der Waals surface area contributed by atoms with E-state index in [-0.39, 0.29) is 17.0 Å². The number of rotatable bonds is 5. The molecule has 2 aliphatic heterocycles. The van der Waals surface area contributed by atoms with Gasteiger partial charge < -0.3 is 9.64 Å². The number of carbonyl (C=O) groups is 4. The number of esters is 1. The molecular weight excluding hydrogens is 382 g/mol. The molecule has 1 fully saturated rings. The van der Waals surface area contributed by atoms with Crippen LogP contribution in [0.15, 0.2) is 18.2 Å². The van der Waals surface area contributed by atoms with Gasteiger partial charge in [0.15, 0.2) is 6.61 Å². The highest BCUT2D eigenvalue weighted by atomic mass is 16.6. The maximum Gasteiger partial charge on any atom is 0.326 e. The van der Waals surface area contributed by atoms with Crippen molar-refractivity contribution in [3.63, 3.8) is 0 Å². The number of nitro benzene ring substituents is 1. The van der Waals surface area contributed by atoms with E-state index in [0.29, 0.717) is 18.0 Å². The lowest BCUT2D eigenvalue weighted by Gasteiger charge is -2.24. The summed E-state index contributed by atoms with van der Waals surface area (Å²) in [5.41, 5.74) is -0.968. The molecule has 1 aromatic carbocycles. The number of nitro groups is 1. The van der Waals surface area contributed by atoms with Crippen molar-refractivity contribution in [2.45, 2.75) is 32.1 Å². The molecule has 0 atom stereocenters. The van der Waals surface area contributed by atoms with E-state index >= 15 is 0 Å². The molecule has 2 aliphatic rings. The molecular formula is C19H21N3O7. The Balaban J connectivity index is 1.59. The first-order chi connectivity index (χ1) is 13.9. The number of amides is 3. The third-order valence-electron chi connectivity index (χ3n) is 5.03.